The Morgan fingerprint density at radius 2 is 1.93 bits per heavy atom. The summed E-state index contributed by atoms with van der Waals surface area (Å²) in [7, 11) is 3.28. The van der Waals surface area contributed by atoms with E-state index in [2.05, 4.69) is 66.8 Å². The van der Waals surface area contributed by atoms with Crippen LogP contribution in [0.25, 0.3) is 0 Å². The average molecular weight is 393 g/mol. The third-order valence-electron chi connectivity index (χ3n) is 4.07. The van der Waals surface area contributed by atoms with Gasteiger partial charge in [0.1, 0.15) is 5.75 Å². The Labute approximate surface area is 169 Å². The first-order valence-electron chi connectivity index (χ1n) is 9.82. The molecule has 1 unspecified atom stereocenters. The number of carbonyl (C=O) groups is 1. The number of aryl methyl sites for hydroxylation is 1. The third-order valence-corrected chi connectivity index (χ3v) is 4.07. The maximum Gasteiger partial charge on any atom is 0.239 e. The zero-order valence-electron chi connectivity index (χ0n) is 18.1. The van der Waals surface area contributed by atoms with E-state index < -0.39 is 0 Å². The second kappa shape index (κ2) is 13.0. The molecule has 0 saturated heterocycles. The Morgan fingerprint density at radius 1 is 1.18 bits per heavy atom. The zero-order chi connectivity index (χ0) is 20.9. The van der Waals surface area contributed by atoms with Crippen LogP contribution in [-0.2, 0) is 16.1 Å². The molecule has 0 heterocycles. The van der Waals surface area contributed by atoms with Crippen molar-refractivity contribution in [2.24, 2.45) is 10.9 Å². The second-order valence-electron chi connectivity index (χ2n) is 7.29. The third kappa shape index (κ3) is 9.60. The van der Waals surface area contributed by atoms with Gasteiger partial charge in [-0.25, -0.2) is 0 Å². The van der Waals surface area contributed by atoms with Crippen LogP contribution >= 0.6 is 0 Å². The van der Waals surface area contributed by atoms with E-state index in [1.807, 2.05) is 0 Å². The maximum atomic E-state index is 11.8. The molecular weight excluding hydrogens is 356 g/mol. The molecule has 7 nitrogen and oxygen atoms in total. The topological polar surface area (TPSA) is 84.0 Å². The molecule has 0 spiro atoms. The minimum Gasteiger partial charge on any atom is -0.490 e. The molecule has 1 rings (SSSR count). The highest BCUT2D eigenvalue weighted by Crippen LogP contribution is 2.23. The van der Waals surface area contributed by atoms with Crippen molar-refractivity contribution in [1.82, 2.24) is 16.0 Å². The highest BCUT2D eigenvalue weighted by Gasteiger charge is 2.11. The number of benzene rings is 1. The van der Waals surface area contributed by atoms with Gasteiger partial charge in [0.05, 0.1) is 19.3 Å². The summed E-state index contributed by atoms with van der Waals surface area (Å²) < 4.78 is 11.1. The molecule has 0 fully saturated rings. The Hall–Kier alpha value is -2.28. The lowest BCUT2D eigenvalue weighted by Crippen LogP contribution is -2.43. The number of hydrogen-bond donors (Lipinski definition) is 3. The van der Waals surface area contributed by atoms with E-state index in [0.29, 0.717) is 31.6 Å². The van der Waals surface area contributed by atoms with Crippen LogP contribution in [0.1, 0.15) is 38.3 Å². The molecule has 0 radical (unpaired) electrons. The first-order valence-corrected chi connectivity index (χ1v) is 9.82. The van der Waals surface area contributed by atoms with Gasteiger partial charge in [-0.2, -0.15) is 0 Å². The fourth-order valence-electron chi connectivity index (χ4n) is 2.76. The molecule has 28 heavy (non-hydrogen) atoms. The number of methoxy groups -OCH3 is 1. The predicted molar refractivity (Wildman–Crippen MR) is 114 cm³/mol. The van der Waals surface area contributed by atoms with Crippen molar-refractivity contribution >= 4 is 11.9 Å². The molecule has 3 N–H and O–H groups in total. The number of rotatable bonds is 11. The quantitative estimate of drug-likeness (QED) is 0.306. The van der Waals surface area contributed by atoms with Gasteiger partial charge in [0.2, 0.25) is 5.91 Å². The van der Waals surface area contributed by atoms with E-state index in [-0.39, 0.29) is 18.6 Å². The van der Waals surface area contributed by atoms with Crippen LogP contribution < -0.4 is 20.7 Å². The first-order chi connectivity index (χ1) is 13.3. The Bertz CT molecular complexity index is 632. The Morgan fingerprint density at radius 3 is 2.57 bits per heavy atom. The van der Waals surface area contributed by atoms with E-state index in [4.69, 9.17) is 9.47 Å². The standard InChI is InChI=1S/C21H36N4O3/c1-15(2)11-17(4)28-19-12-16(3)7-8-18(19)13-24-21(22-5)25-14-20(26)23-9-10-27-6/h7-8,12,15,17H,9-11,13-14H2,1-6H3,(H,23,26)(H2,22,24,25). The summed E-state index contributed by atoms with van der Waals surface area (Å²) in [6.45, 7) is 10.2. The minimum atomic E-state index is -0.109. The van der Waals surface area contributed by atoms with Gasteiger partial charge in [-0.1, -0.05) is 26.0 Å². The van der Waals surface area contributed by atoms with Crippen molar-refractivity contribution in [3.05, 3.63) is 29.3 Å². The number of aliphatic imine (C=N–C) groups is 1. The summed E-state index contributed by atoms with van der Waals surface area (Å²) in [4.78, 5) is 15.9. The van der Waals surface area contributed by atoms with Crippen molar-refractivity contribution in [3.8, 4) is 5.75 Å². The van der Waals surface area contributed by atoms with Crippen LogP contribution in [0, 0.1) is 12.8 Å². The lowest BCUT2D eigenvalue weighted by molar-refractivity contribution is -0.120. The molecule has 1 amide bonds. The lowest BCUT2D eigenvalue weighted by Gasteiger charge is -2.20. The fourth-order valence-corrected chi connectivity index (χ4v) is 2.76. The number of nitrogens with one attached hydrogen (secondary N) is 3. The molecule has 0 saturated carbocycles. The molecule has 0 aliphatic carbocycles. The Balaban J connectivity index is 2.60. The van der Waals surface area contributed by atoms with Gasteiger partial charge in [-0.15, -0.1) is 0 Å². The molecule has 1 aromatic carbocycles. The molecule has 158 valence electrons. The zero-order valence-corrected chi connectivity index (χ0v) is 18.1. The molecule has 1 aromatic rings. The maximum absolute atomic E-state index is 11.8. The van der Waals surface area contributed by atoms with Crippen LogP contribution in [0.2, 0.25) is 0 Å². The average Bonchev–Trinajstić information content (AvgIpc) is 2.62. The predicted octanol–water partition coefficient (Wildman–Crippen LogP) is 2.24. The van der Waals surface area contributed by atoms with Gasteiger partial charge in [0.15, 0.2) is 5.96 Å². The molecule has 0 bridgehead atoms. The fraction of sp³-hybridized carbons (Fsp3) is 0.619. The number of hydrogen-bond acceptors (Lipinski definition) is 4. The van der Waals surface area contributed by atoms with Crippen molar-refractivity contribution in [3.63, 3.8) is 0 Å². The highest BCUT2D eigenvalue weighted by atomic mass is 16.5. The van der Waals surface area contributed by atoms with E-state index in [1.165, 1.54) is 0 Å². The van der Waals surface area contributed by atoms with Crippen molar-refractivity contribution in [2.45, 2.75) is 46.8 Å². The van der Waals surface area contributed by atoms with Crippen LogP contribution in [0.15, 0.2) is 23.2 Å². The lowest BCUT2D eigenvalue weighted by atomic mass is 10.1. The number of guanidine groups is 1. The summed E-state index contributed by atoms with van der Waals surface area (Å²) in [6, 6.07) is 6.19. The smallest absolute Gasteiger partial charge is 0.239 e. The number of carbonyl (C=O) groups excluding carboxylic acids is 1. The molecular formula is C21H36N4O3. The molecule has 0 aromatic heterocycles. The van der Waals surface area contributed by atoms with Gasteiger partial charge < -0.3 is 25.4 Å². The van der Waals surface area contributed by atoms with Gasteiger partial charge >= 0.3 is 0 Å². The van der Waals surface area contributed by atoms with Gasteiger partial charge in [-0.05, 0) is 37.8 Å². The van der Waals surface area contributed by atoms with Gasteiger partial charge in [0, 0.05) is 32.8 Å². The van der Waals surface area contributed by atoms with Crippen molar-refractivity contribution < 1.29 is 14.3 Å². The van der Waals surface area contributed by atoms with E-state index in [0.717, 1.165) is 23.3 Å². The summed E-state index contributed by atoms with van der Waals surface area (Å²) in [6.07, 6.45) is 1.15. The van der Waals surface area contributed by atoms with E-state index in [9.17, 15) is 4.79 Å². The largest absolute Gasteiger partial charge is 0.490 e. The monoisotopic (exact) mass is 392 g/mol. The number of nitrogens with zero attached hydrogens (tertiary/aromatic N) is 1. The Kier molecular flexibility index (Phi) is 11.0. The molecule has 1 atom stereocenters. The summed E-state index contributed by atoms with van der Waals surface area (Å²) in [5, 5.41) is 9.01. The van der Waals surface area contributed by atoms with E-state index in [1.54, 1.807) is 14.2 Å². The van der Waals surface area contributed by atoms with Crippen LogP contribution in [-0.4, -0.2) is 51.8 Å². The summed E-state index contributed by atoms with van der Waals surface area (Å²) in [5.74, 6) is 1.92. The number of ether oxygens (including phenoxy) is 2. The van der Waals surface area contributed by atoms with E-state index >= 15 is 0 Å². The summed E-state index contributed by atoms with van der Waals surface area (Å²) in [5.41, 5.74) is 2.21. The molecule has 7 heteroatoms. The van der Waals surface area contributed by atoms with Crippen LogP contribution in [0.5, 0.6) is 5.75 Å². The van der Waals surface area contributed by atoms with Crippen molar-refractivity contribution in [1.29, 1.82) is 0 Å². The van der Waals surface area contributed by atoms with Crippen molar-refractivity contribution in [2.75, 3.05) is 33.9 Å². The van der Waals surface area contributed by atoms with Gasteiger partial charge in [0.25, 0.3) is 0 Å². The molecule has 0 aliphatic heterocycles. The minimum absolute atomic E-state index is 0.109. The SMILES string of the molecule is CN=C(NCC(=O)NCCOC)NCc1ccc(C)cc1OC(C)CC(C)C. The summed E-state index contributed by atoms with van der Waals surface area (Å²) >= 11 is 0. The first kappa shape index (κ1) is 23.8. The highest BCUT2D eigenvalue weighted by molar-refractivity contribution is 5.86. The number of amides is 1. The normalized spacial score (nSPS) is 12.6. The van der Waals surface area contributed by atoms with Crippen LogP contribution in [0.3, 0.4) is 0 Å². The molecule has 0 aliphatic rings. The van der Waals surface area contributed by atoms with Crippen LogP contribution in [0.4, 0.5) is 0 Å². The second-order valence-corrected chi connectivity index (χ2v) is 7.29. The van der Waals surface area contributed by atoms with Gasteiger partial charge in [-0.3, -0.25) is 9.79 Å².